The van der Waals surface area contributed by atoms with E-state index in [9.17, 15) is 9.59 Å². The van der Waals surface area contributed by atoms with Crippen LogP contribution in [-0.2, 0) is 9.53 Å². The predicted molar refractivity (Wildman–Crippen MR) is 90.0 cm³/mol. The Kier molecular flexibility index (Phi) is 5.78. The number of ether oxygens (including phenoxy) is 1. The lowest BCUT2D eigenvalue weighted by molar-refractivity contribution is -0.116. The Balaban J connectivity index is 1.88. The molecule has 0 aliphatic carbocycles. The molecule has 24 heavy (non-hydrogen) atoms. The maximum absolute atomic E-state index is 12.1. The standard InChI is InChI=1S/C16H20N4O4/c1-4-23-16(22)18-13-7-5-12(6-8-13)17-11(3)15(21)19-14-9-10(2)24-20-14/h5-9,11,17H,4H2,1-3H3,(H,18,22)(H,19,20,21)/t11-/m0/s1. The molecule has 1 aromatic heterocycles. The van der Waals surface area contributed by atoms with Crippen molar-refractivity contribution < 1.29 is 18.8 Å². The van der Waals surface area contributed by atoms with Crippen LogP contribution in [0.15, 0.2) is 34.9 Å². The molecule has 2 rings (SSSR count). The summed E-state index contributed by atoms with van der Waals surface area (Å²) >= 11 is 0. The molecular weight excluding hydrogens is 312 g/mol. The van der Waals surface area contributed by atoms with Gasteiger partial charge in [-0.15, -0.1) is 0 Å². The number of hydrogen-bond donors (Lipinski definition) is 3. The molecule has 8 heteroatoms. The van der Waals surface area contributed by atoms with Gasteiger partial charge in [-0.25, -0.2) is 4.79 Å². The summed E-state index contributed by atoms with van der Waals surface area (Å²) in [6, 6.07) is 8.10. The highest BCUT2D eigenvalue weighted by Crippen LogP contribution is 2.15. The average Bonchev–Trinajstić information content (AvgIpc) is 2.94. The predicted octanol–water partition coefficient (Wildman–Crippen LogP) is 2.99. The molecule has 1 aromatic carbocycles. The van der Waals surface area contributed by atoms with Gasteiger partial charge in [0.25, 0.3) is 0 Å². The molecule has 0 aliphatic rings. The van der Waals surface area contributed by atoms with Crippen LogP contribution in [-0.4, -0.2) is 29.8 Å². The zero-order chi connectivity index (χ0) is 17.5. The number of nitrogens with one attached hydrogen (secondary N) is 3. The first-order valence-electron chi connectivity index (χ1n) is 7.52. The molecule has 128 valence electrons. The Hall–Kier alpha value is -3.03. The van der Waals surface area contributed by atoms with Crippen molar-refractivity contribution in [2.24, 2.45) is 0 Å². The number of hydrogen-bond acceptors (Lipinski definition) is 6. The van der Waals surface area contributed by atoms with Gasteiger partial charge in [0, 0.05) is 17.4 Å². The highest BCUT2D eigenvalue weighted by Gasteiger charge is 2.14. The second-order valence-electron chi connectivity index (χ2n) is 5.10. The third-order valence-electron chi connectivity index (χ3n) is 3.06. The molecule has 8 nitrogen and oxygen atoms in total. The molecule has 0 radical (unpaired) electrons. The van der Waals surface area contributed by atoms with E-state index in [-0.39, 0.29) is 5.91 Å². The highest BCUT2D eigenvalue weighted by atomic mass is 16.5. The summed E-state index contributed by atoms with van der Waals surface area (Å²) < 4.78 is 9.69. The zero-order valence-electron chi connectivity index (χ0n) is 13.8. The third kappa shape index (κ3) is 5.01. The number of amides is 2. The van der Waals surface area contributed by atoms with Crippen molar-refractivity contribution in [1.82, 2.24) is 5.16 Å². The lowest BCUT2D eigenvalue weighted by Crippen LogP contribution is -2.31. The van der Waals surface area contributed by atoms with Crippen LogP contribution in [0.3, 0.4) is 0 Å². The molecule has 0 saturated heterocycles. The number of aromatic nitrogens is 1. The van der Waals surface area contributed by atoms with Gasteiger partial charge in [-0.05, 0) is 45.0 Å². The maximum Gasteiger partial charge on any atom is 0.411 e. The molecule has 0 spiro atoms. The lowest BCUT2D eigenvalue weighted by atomic mass is 10.2. The van der Waals surface area contributed by atoms with Gasteiger partial charge in [0.2, 0.25) is 5.91 Å². The Bertz CT molecular complexity index is 696. The van der Waals surface area contributed by atoms with Gasteiger partial charge < -0.3 is 19.9 Å². The van der Waals surface area contributed by atoms with E-state index in [1.165, 1.54) is 0 Å². The van der Waals surface area contributed by atoms with E-state index in [0.29, 0.717) is 23.9 Å². The summed E-state index contributed by atoms with van der Waals surface area (Å²) in [4.78, 5) is 23.4. The Morgan fingerprint density at radius 1 is 1.21 bits per heavy atom. The second-order valence-corrected chi connectivity index (χ2v) is 5.10. The number of carbonyl (C=O) groups is 2. The Labute approximate surface area is 139 Å². The van der Waals surface area contributed by atoms with Crippen molar-refractivity contribution in [3.8, 4) is 0 Å². The van der Waals surface area contributed by atoms with Crippen molar-refractivity contribution >= 4 is 29.2 Å². The normalized spacial score (nSPS) is 11.5. The molecule has 2 aromatic rings. The minimum absolute atomic E-state index is 0.239. The molecule has 1 atom stereocenters. The molecule has 1 heterocycles. The number of benzene rings is 1. The van der Waals surface area contributed by atoms with Crippen LogP contribution < -0.4 is 16.0 Å². The van der Waals surface area contributed by atoms with Gasteiger partial charge in [-0.3, -0.25) is 10.1 Å². The average molecular weight is 332 g/mol. The van der Waals surface area contributed by atoms with Gasteiger partial charge in [0.1, 0.15) is 11.8 Å². The van der Waals surface area contributed by atoms with Gasteiger partial charge in [-0.1, -0.05) is 5.16 Å². The summed E-state index contributed by atoms with van der Waals surface area (Å²) in [5.74, 6) is 0.757. The van der Waals surface area contributed by atoms with Crippen LogP contribution >= 0.6 is 0 Å². The molecule has 0 fully saturated rings. The van der Waals surface area contributed by atoms with E-state index in [1.807, 2.05) is 0 Å². The lowest BCUT2D eigenvalue weighted by Gasteiger charge is -2.14. The molecular formula is C16H20N4O4. The third-order valence-corrected chi connectivity index (χ3v) is 3.06. The van der Waals surface area contributed by atoms with Crippen LogP contribution in [0, 0.1) is 6.92 Å². The van der Waals surface area contributed by atoms with Gasteiger partial charge in [0.15, 0.2) is 5.82 Å². The van der Waals surface area contributed by atoms with E-state index in [1.54, 1.807) is 51.1 Å². The monoisotopic (exact) mass is 332 g/mol. The molecule has 2 amide bonds. The molecule has 0 aliphatic heterocycles. The summed E-state index contributed by atoms with van der Waals surface area (Å²) in [5.41, 5.74) is 1.34. The van der Waals surface area contributed by atoms with Crippen LogP contribution in [0.1, 0.15) is 19.6 Å². The van der Waals surface area contributed by atoms with Gasteiger partial charge in [0.05, 0.1) is 6.61 Å². The number of anilines is 3. The summed E-state index contributed by atoms with van der Waals surface area (Å²) in [5, 5.41) is 12.0. The quantitative estimate of drug-likeness (QED) is 0.751. The minimum atomic E-state index is -0.506. The zero-order valence-corrected chi connectivity index (χ0v) is 13.8. The van der Waals surface area contributed by atoms with Gasteiger partial charge in [-0.2, -0.15) is 0 Å². The van der Waals surface area contributed by atoms with Crippen molar-refractivity contribution in [3.63, 3.8) is 0 Å². The fourth-order valence-corrected chi connectivity index (χ4v) is 1.91. The number of carbonyl (C=O) groups excluding carboxylic acids is 2. The summed E-state index contributed by atoms with van der Waals surface area (Å²) in [7, 11) is 0. The fourth-order valence-electron chi connectivity index (χ4n) is 1.91. The van der Waals surface area contributed by atoms with Crippen molar-refractivity contribution in [3.05, 3.63) is 36.1 Å². The number of aryl methyl sites for hydroxylation is 1. The van der Waals surface area contributed by atoms with Crippen LogP contribution in [0.25, 0.3) is 0 Å². The highest BCUT2D eigenvalue weighted by molar-refractivity contribution is 5.95. The molecule has 0 bridgehead atoms. The summed E-state index contributed by atoms with van der Waals surface area (Å²) in [6.45, 7) is 5.52. The first kappa shape index (κ1) is 17.3. The van der Waals surface area contributed by atoms with Crippen molar-refractivity contribution in [1.29, 1.82) is 0 Å². The topological polar surface area (TPSA) is 105 Å². The van der Waals surface area contributed by atoms with Crippen LogP contribution in [0.5, 0.6) is 0 Å². The van der Waals surface area contributed by atoms with Crippen LogP contribution in [0.4, 0.5) is 22.0 Å². The van der Waals surface area contributed by atoms with E-state index < -0.39 is 12.1 Å². The second kappa shape index (κ2) is 8.00. The number of nitrogens with zero attached hydrogens (tertiary/aromatic N) is 1. The van der Waals surface area contributed by atoms with E-state index in [4.69, 9.17) is 9.26 Å². The molecule has 0 unspecified atom stereocenters. The van der Waals surface area contributed by atoms with Crippen molar-refractivity contribution in [2.45, 2.75) is 26.8 Å². The Morgan fingerprint density at radius 3 is 2.46 bits per heavy atom. The first-order chi connectivity index (χ1) is 11.5. The number of rotatable bonds is 6. The first-order valence-corrected chi connectivity index (χ1v) is 7.52. The maximum atomic E-state index is 12.1. The smallest absolute Gasteiger partial charge is 0.411 e. The molecule has 0 saturated carbocycles. The SMILES string of the molecule is CCOC(=O)Nc1ccc(N[C@@H](C)C(=O)Nc2cc(C)on2)cc1. The summed E-state index contributed by atoms with van der Waals surface area (Å²) in [6.07, 6.45) is -0.506. The Morgan fingerprint density at radius 2 is 1.88 bits per heavy atom. The van der Waals surface area contributed by atoms with E-state index >= 15 is 0 Å². The van der Waals surface area contributed by atoms with E-state index in [2.05, 4.69) is 21.1 Å². The van der Waals surface area contributed by atoms with Crippen LogP contribution in [0.2, 0.25) is 0 Å². The minimum Gasteiger partial charge on any atom is -0.450 e. The molecule has 3 N–H and O–H groups in total. The van der Waals surface area contributed by atoms with Crippen molar-refractivity contribution in [2.75, 3.05) is 22.6 Å². The fraction of sp³-hybridized carbons (Fsp3) is 0.312. The van der Waals surface area contributed by atoms with Gasteiger partial charge >= 0.3 is 6.09 Å². The van der Waals surface area contributed by atoms with E-state index in [0.717, 1.165) is 5.69 Å². The largest absolute Gasteiger partial charge is 0.450 e.